The van der Waals surface area contributed by atoms with Gasteiger partial charge < -0.3 is 16.0 Å². The van der Waals surface area contributed by atoms with Gasteiger partial charge in [-0.25, -0.2) is 0 Å². The summed E-state index contributed by atoms with van der Waals surface area (Å²) in [5.74, 6) is 0.0845. The lowest BCUT2D eigenvalue weighted by Crippen LogP contribution is -2.47. The molecule has 1 fully saturated rings. The van der Waals surface area contributed by atoms with Crippen molar-refractivity contribution in [3.8, 4) is 0 Å². The molecule has 6 nitrogen and oxygen atoms in total. The number of unbranched alkanes of at least 4 members (excludes halogenated alkanes) is 2. The van der Waals surface area contributed by atoms with Crippen LogP contribution < -0.4 is 16.0 Å². The minimum absolute atomic E-state index is 0.0166. The van der Waals surface area contributed by atoms with Crippen LogP contribution in [-0.4, -0.2) is 36.9 Å². The third-order valence-corrected chi connectivity index (χ3v) is 3.09. The van der Waals surface area contributed by atoms with E-state index in [4.69, 9.17) is 0 Å². The van der Waals surface area contributed by atoms with Gasteiger partial charge in [0.05, 0.1) is 0 Å². The van der Waals surface area contributed by atoms with Gasteiger partial charge in [0.1, 0.15) is 0 Å². The molecular formula is C13H23N3O3. The van der Waals surface area contributed by atoms with Crippen molar-refractivity contribution in [2.45, 2.75) is 51.5 Å². The summed E-state index contributed by atoms with van der Waals surface area (Å²) in [4.78, 5) is 33.2. The van der Waals surface area contributed by atoms with Gasteiger partial charge in [-0.1, -0.05) is 6.42 Å². The van der Waals surface area contributed by atoms with Crippen LogP contribution in [0.15, 0.2) is 0 Å². The first-order valence-electron chi connectivity index (χ1n) is 6.88. The molecule has 19 heavy (non-hydrogen) atoms. The molecule has 0 aliphatic carbocycles. The van der Waals surface area contributed by atoms with Gasteiger partial charge in [-0.3, -0.25) is 14.4 Å². The Hall–Kier alpha value is -1.59. The Labute approximate surface area is 113 Å². The molecule has 1 aliphatic heterocycles. The maximum Gasteiger partial charge on any atom is 0.220 e. The highest BCUT2D eigenvalue weighted by atomic mass is 16.2. The highest BCUT2D eigenvalue weighted by Gasteiger charge is 2.18. The number of piperidine rings is 1. The molecule has 1 heterocycles. The molecule has 1 aliphatic rings. The smallest absolute Gasteiger partial charge is 0.220 e. The molecule has 0 aromatic heterocycles. The van der Waals surface area contributed by atoms with Crippen molar-refractivity contribution in [2.24, 2.45) is 0 Å². The van der Waals surface area contributed by atoms with Crippen LogP contribution in [0.4, 0.5) is 0 Å². The van der Waals surface area contributed by atoms with Crippen molar-refractivity contribution in [2.75, 3.05) is 13.1 Å². The number of nitrogens with one attached hydrogen (secondary N) is 3. The SMILES string of the molecule is CC(=O)NCCCCCC(=O)NC1CCC(=O)NC1. The first kappa shape index (κ1) is 15.5. The zero-order valence-electron chi connectivity index (χ0n) is 11.5. The molecule has 0 spiro atoms. The summed E-state index contributed by atoms with van der Waals surface area (Å²) in [5, 5.41) is 8.39. The summed E-state index contributed by atoms with van der Waals surface area (Å²) in [6.07, 6.45) is 4.36. The summed E-state index contributed by atoms with van der Waals surface area (Å²) in [7, 11) is 0. The predicted octanol–water partition coefficient (Wildman–Crippen LogP) is 0.0777. The summed E-state index contributed by atoms with van der Waals surface area (Å²) in [6, 6.07) is 0.0737. The molecule has 1 atom stereocenters. The van der Waals surface area contributed by atoms with E-state index >= 15 is 0 Å². The average molecular weight is 269 g/mol. The van der Waals surface area contributed by atoms with Crippen molar-refractivity contribution in [3.05, 3.63) is 0 Å². The Bertz CT molecular complexity index is 321. The molecule has 0 bridgehead atoms. The maximum atomic E-state index is 11.6. The highest BCUT2D eigenvalue weighted by molar-refractivity contribution is 5.78. The standard InChI is InChI=1S/C13H23N3O3/c1-10(17)14-8-4-2-3-5-13(19)16-11-6-7-12(18)15-9-11/h11H,2-9H2,1H3,(H,14,17)(H,15,18)(H,16,19). The van der Waals surface area contributed by atoms with Crippen molar-refractivity contribution in [1.29, 1.82) is 0 Å². The number of amides is 3. The summed E-state index contributed by atoms with van der Waals surface area (Å²) in [5.41, 5.74) is 0. The van der Waals surface area contributed by atoms with E-state index < -0.39 is 0 Å². The minimum Gasteiger partial charge on any atom is -0.356 e. The topological polar surface area (TPSA) is 87.3 Å². The summed E-state index contributed by atoms with van der Waals surface area (Å²) >= 11 is 0. The third-order valence-electron chi connectivity index (χ3n) is 3.09. The zero-order valence-corrected chi connectivity index (χ0v) is 11.5. The molecular weight excluding hydrogens is 246 g/mol. The average Bonchev–Trinajstić information content (AvgIpc) is 2.36. The second-order valence-electron chi connectivity index (χ2n) is 4.90. The van der Waals surface area contributed by atoms with E-state index in [2.05, 4.69) is 16.0 Å². The van der Waals surface area contributed by atoms with Crippen molar-refractivity contribution in [1.82, 2.24) is 16.0 Å². The van der Waals surface area contributed by atoms with Crippen LogP contribution in [0.25, 0.3) is 0 Å². The fourth-order valence-corrected chi connectivity index (χ4v) is 2.01. The van der Waals surface area contributed by atoms with Gasteiger partial charge in [0, 0.05) is 38.9 Å². The molecule has 1 unspecified atom stereocenters. The second-order valence-corrected chi connectivity index (χ2v) is 4.90. The lowest BCUT2D eigenvalue weighted by molar-refractivity contribution is -0.125. The number of hydrogen-bond acceptors (Lipinski definition) is 3. The number of carbonyl (C=O) groups excluding carboxylic acids is 3. The van der Waals surface area contributed by atoms with Crippen LogP contribution in [0.3, 0.4) is 0 Å². The molecule has 6 heteroatoms. The van der Waals surface area contributed by atoms with E-state index in [0.29, 0.717) is 25.9 Å². The highest BCUT2D eigenvalue weighted by Crippen LogP contribution is 2.04. The van der Waals surface area contributed by atoms with E-state index in [1.807, 2.05) is 0 Å². The molecule has 0 aromatic carbocycles. The normalized spacial score (nSPS) is 18.6. The van der Waals surface area contributed by atoms with E-state index in [9.17, 15) is 14.4 Å². The predicted molar refractivity (Wildman–Crippen MR) is 71.3 cm³/mol. The number of hydrogen-bond donors (Lipinski definition) is 3. The zero-order chi connectivity index (χ0) is 14.1. The van der Waals surface area contributed by atoms with E-state index in [1.165, 1.54) is 6.92 Å². The summed E-state index contributed by atoms with van der Waals surface area (Å²) in [6.45, 7) is 2.70. The van der Waals surface area contributed by atoms with Crippen LogP contribution in [-0.2, 0) is 14.4 Å². The Balaban J connectivity index is 1.99. The Morgan fingerprint density at radius 3 is 2.74 bits per heavy atom. The fraction of sp³-hybridized carbons (Fsp3) is 0.769. The van der Waals surface area contributed by atoms with E-state index in [1.54, 1.807) is 0 Å². The van der Waals surface area contributed by atoms with Crippen molar-refractivity contribution in [3.63, 3.8) is 0 Å². The first-order valence-corrected chi connectivity index (χ1v) is 6.88. The van der Waals surface area contributed by atoms with Crippen LogP contribution in [0.5, 0.6) is 0 Å². The van der Waals surface area contributed by atoms with Crippen LogP contribution in [0.2, 0.25) is 0 Å². The van der Waals surface area contributed by atoms with Gasteiger partial charge in [0.2, 0.25) is 17.7 Å². The molecule has 1 saturated heterocycles. The fourth-order valence-electron chi connectivity index (χ4n) is 2.01. The van der Waals surface area contributed by atoms with E-state index in [-0.39, 0.29) is 23.8 Å². The molecule has 0 radical (unpaired) electrons. The van der Waals surface area contributed by atoms with Gasteiger partial charge in [0.15, 0.2) is 0 Å². The molecule has 0 aromatic rings. The van der Waals surface area contributed by atoms with Crippen LogP contribution in [0, 0.1) is 0 Å². The van der Waals surface area contributed by atoms with Crippen LogP contribution >= 0.6 is 0 Å². The first-order chi connectivity index (χ1) is 9.08. The Morgan fingerprint density at radius 2 is 2.11 bits per heavy atom. The minimum atomic E-state index is -0.0166. The second kappa shape index (κ2) is 8.50. The monoisotopic (exact) mass is 269 g/mol. The molecule has 108 valence electrons. The van der Waals surface area contributed by atoms with Crippen molar-refractivity contribution < 1.29 is 14.4 Å². The lowest BCUT2D eigenvalue weighted by Gasteiger charge is -2.23. The quantitative estimate of drug-likeness (QED) is 0.572. The van der Waals surface area contributed by atoms with Gasteiger partial charge in [-0.05, 0) is 19.3 Å². The van der Waals surface area contributed by atoms with Gasteiger partial charge >= 0.3 is 0 Å². The molecule has 1 rings (SSSR count). The summed E-state index contributed by atoms with van der Waals surface area (Å²) < 4.78 is 0. The van der Waals surface area contributed by atoms with E-state index in [0.717, 1.165) is 25.7 Å². The van der Waals surface area contributed by atoms with Crippen LogP contribution in [0.1, 0.15) is 45.4 Å². The Morgan fingerprint density at radius 1 is 1.32 bits per heavy atom. The van der Waals surface area contributed by atoms with Gasteiger partial charge in [-0.15, -0.1) is 0 Å². The van der Waals surface area contributed by atoms with Crippen molar-refractivity contribution >= 4 is 17.7 Å². The number of carbonyl (C=O) groups is 3. The molecule has 3 amide bonds. The maximum absolute atomic E-state index is 11.6. The third kappa shape index (κ3) is 7.43. The molecule has 3 N–H and O–H groups in total. The van der Waals surface area contributed by atoms with Gasteiger partial charge in [-0.2, -0.15) is 0 Å². The van der Waals surface area contributed by atoms with Gasteiger partial charge in [0.25, 0.3) is 0 Å². The molecule has 0 saturated carbocycles. The Kier molecular flexibility index (Phi) is 6.92. The lowest BCUT2D eigenvalue weighted by atomic mass is 10.1. The largest absolute Gasteiger partial charge is 0.356 e. The number of rotatable bonds is 7.